The lowest BCUT2D eigenvalue weighted by Crippen LogP contribution is -2.50. The van der Waals surface area contributed by atoms with Crippen LogP contribution in [0.5, 0.6) is 5.75 Å². The van der Waals surface area contributed by atoms with Gasteiger partial charge in [0.25, 0.3) is 0 Å². The summed E-state index contributed by atoms with van der Waals surface area (Å²) in [4.78, 5) is 16.5. The molecule has 1 aliphatic rings. The Hall–Kier alpha value is -1.75. The molecule has 1 amide bonds. The van der Waals surface area contributed by atoms with Gasteiger partial charge in [-0.3, -0.25) is 4.79 Å². The van der Waals surface area contributed by atoms with Crippen LogP contribution in [-0.2, 0) is 4.79 Å². The maximum absolute atomic E-state index is 12.3. The highest BCUT2D eigenvalue weighted by Crippen LogP contribution is 2.28. The number of methoxy groups -OCH3 is 1. The minimum absolute atomic E-state index is 0.0211. The van der Waals surface area contributed by atoms with E-state index in [1.807, 2.05) is 30.0 Å². The van der Waals surface area contributed by atoms with E-state index in [1.165, 1.54) is 0 Å². The molecule has 5 heteroatoms. The van der Waals surface area contributed by atoms with Gasteiger partial charge >= 0.3 is 0 Å². The quantitative estimate of drug-likeness (QED) is 0.889. The molecule has 1 aromatic rings. The third kappa shape index (κ3) is 3.67. The molecular formula is C16H25N3O2. The van der Waals surface area contributed by atoms with E-state index in [0.717, 1.165) is 44.0 Å². The zero-order chi connectivity index (χ0) is 15.2. The van der Waals surface area contributed by atoms with E-state index < -0.39 is 0 Å². The van der Waals surface area contributed by atoms with Gasteiger partial charge in [0.2, 0.25) is 5.91 Å². The van der Waals surface area contributed by atoms with Crippen molar-refractivity contribution >= 4 is 11.6 Å². The van der Waals surface area contributed by atoms with Crippen LogP contribution in [0, 0.1) is 5.92 Å². The van der Waals surface area contributed by atoms with Crippen molar-refractivity contribution in [1.29, 1.82) is 0 Å². The predicted octanol–water partition coefficient (Wildman–Crippen LogP) is 1.33. The third-order valence-corrected chi connectivity index (χ3v) is 4.04. The van der Waals surface area contributed by atoms with E-state index in [4.69, 9.17) is 10.5 Å². The Bertz CT molecular complexity index is 470. The molecule has 1 aromatic carbocycles. The van der Waals surface area contributed by atoms with Gasteiger partial charge in [0.15, 0.2) is 0 Å². The SMILES string of the molecule is COc1ccccc1N1CCN(C(=O)C(C)CCN)CC1. The second kappa shape index (κ2) is 7.31. The molecule has 1 saturated heterocycles. The van der Waals surface area contributed by atoms with Gasteiger partial charge in [0.05, 0.1) is 12.8 Å². The Labute approximate surface area is 126 Å². The van der Waals surface area contributed by atoms with E-state index in [-0.39, 0.29) is 11.8 Å². The Morgan fingerprint density at radius 3 is 2.57 bits per heavy atom. The van der Waals surface area contributed by atoms with E-state index in [1.54, 1.807) is 7.11 Å². The van der Waals surface area contributed by atoms with Crippen LogP contribution in [-0.4, -0.2) is 50.6 Å². The molecule has 0 aliphatic carbocycles. The summed E-state index contributed by atoms with van der Waals surface area (Å²) in [5.41, 5.74) is 6.63. The number of carbonyl (C=O) groups excluding carboxylic acids is 1. The molecule has 2 N–H and O–H groups in total. The zero-order valence-electron chi connectivity index (χ0n) is 12.9. The number of piperazine rings is 1. The lowest BCUT2D eigenvalue weighted by molar-refractivity contribution is -0.135. The molecule has 1 atom stereocenters. The van der Waals surface area contributed by atoms with Gasteiger partial charge in [-0.1, -0.05) is 19.1 Å². The molecule has 0 spiro atoms. The monoisotopic (exact) mass is 291 g/mol. The van der Waals surface area contributed by atoms with E-state index in [0.29, 0.717) is 6.54 Å². The van der Waals surface area contributed by atoms with Crippen molar-refractivity contribution in [3.63, 3.8) is 0 Å². The molecule has 116 valence electrons. The number of nitrogens with zero attached hydrogens (tertiary/aromatic N) is 2. The van der Waals surface area contributed by atoms with Gasteiger partial charge in [-0.15, -0.1) is 0 Å². The first-order valence-electron chi connectivity index (χ1n) is 7.54. The second-order valence-corrected chi connectivity index (χ2v) is 5.46. The van der Waals surface area contributed by atoms with Gasteiger partial charge in [-0.05, 0) is 25.1 Å². The van der Waals surface area contributed by atoms with Gasteiger partial charge in [-0.25, -0.2) is 0 Å². The molecule has 1 fully saturated rings. The van der Waals surface area contributed by atoms with E-state index in [2.05, 4.69) is 11.0 Å². The summed E-state index contributed by atoms with van der Waals surface area (Å²) in [7, 11) is 1.69. The average molecular weight is 291 g/mol. The molecule has 0 saturated carbocycles. The predicted molar refractivity (Wildman–Crippen MR) is 84.6 cm³/mol. The first kappa shape index (κ1) is 15.6. The molecule has 2 rings (SSSR count). The molecule has 1 aliphatic heterocycles. The van der Waals surface area contributed by atoms with Crippen molar-refractivity contribution in [2.24, 2.45) is 11.7 Å². The Morgan fingerprint density at radius 2 is 1.95 bits per heavy atom. The number of carbonyl (C=O) groups is 1. The maximum Gasteiger partial charge on any atom is 0.225 e. The van der Waals surface area contributed by atoms with Gasteiger partial charge in [0.1, 0.15) is 5.75 Å². The Kier molecular flexibility index (Phi) is 5.44. The van der Waals surface area contributed by atoms with Crippen LogP contribution in [0.4, 0.5) is 5.69 Å². The summed E-state index contributed by atoms with van der Waals surface area (Å²) in [6, 6.07) is 8.01. The van der Waals surface area contributed by atoms with E-state index in [9.17, 15) is 4.79 Å². The summed E-state index contributed by atoms with van der Waals surface area (Å²) in [6.07, 6.45) is 0.756. The van der Waals surface area contributed by atoms with E-state index >= 15 is 0 Å². The fourth-order valence-corrected chi connectivity index (χ4v) is 2.74. The number of para-hydroxylation sites is 2. The number of anilines is 1. The fourth-order valence-electron chi connectivity index (χ4n) is 2.74. The van der Waals surface area contributed by atoms with Gasteiger partial charge in [-0.2, -0.15) is 0 Å². The number of nitrogens with two attached hydrogens (primary N) is 1. The highest BCUT2D eigenvalue weighted by Gasteiger charge is 2.25. The molecule has 21 heavy (non-hydrogen) atoms. The summed E-state index contributed by atoms with van der Waals surface area (Å²) in [5.74, 6) is 1.13. The molecule has 1 heterocycles. The standard InChI is InChI=1S/C16H25N3O2/c1-13(7-8-17)16(20)19-11-9-18(10-12-19)14-5-3-4-6-15(14)21-2/h3-6,13H,7-12,17H2,1-2H3. The highest BCUT2D eigenvalue weighted by molar-refractivity contribution is 5.78. The van der Waals surface area contributed by atoms with Crippen molar-refractivity contribution in [3.05, 3.63) is 24.3 Å². The Morgan fingerprint density at radius 1 is 1.29 bits per heavy atom. The number of hydrogen-bond donors (Lipinski definition) is 1. The van der Waals surface area contributed by atoms with Crippen LogP contribution in [0.25, 0.3) is 0 Å². The number of rotatable bonds is 5. The average Bonchev–Trinajstić information content (AvgIpc) is 2.54. The molecule has 0 radical (unpaired) electrons. The van der Waals surface area contributed by atoms with Crippen LogP contribution in [0.15, 0.2) is 24.3 Å². The van der Waals surface area contributed by atoms with Crippen LogP contribution in [0.2, 0.25) is 0 Å². The second-order valence-electron chi connectivity index (χ2n) is 5.46. The minimum Gasteiger partial charge on any atom is -0.495 e. The number of amides is 1. The molecule has 0 bridgehead atoms. The number of benzene rings is 1. The van der Waals surface area contributed by atoms with Crippen molar-refractivity contribution in [1.82, 2.24) is 4.90 Å². The van der Waals surface area contributed by atoms with Crippen molar-refractivity contribution in [2.75, 3.05) is 44.7 Å². The molecular weight excluding hydrogens is 266 g/mol. The van der Waals surface area contributed by atoms with Crippen molar-refractivity contribution in [3.8, 4) is 5.75 Å². The Balaban J connectivity index is 1.95. The lowest BCUT2D eigenvalue weighted by atomic mass is 10.1. The lowest BCUT2D eigenvalue weighted by Gasteiger charge is -2.37. The first-order valence-corrected chi connectivity index (χ1v) is 7.54. The zero-order valence-corrected chi connectivity index (χ0v) is 12.9. The first-order chi connectivity index (χ1) is 10.2. The van der Waals surface area contributed by atoms with Crippen LogP contribution < -0.4 is 15.4 Å². The van der Waals surface area contributed by atoms with Gasteiger partial charge in [0, 0.05) is 32.1 Å². The van der Waals surface area contributed by atoms with Crippen LogP contribution in [0.3, 0.4) is 0 Å². The van der Waals surface area contributed by atoms with Crippen LogP contribution in [0.1, 0.15) is 13.3 Å². The van der Waals surface area contributed by atoms with Crippen molar-refractivity contribution < 1.29 is 9.53 Å². The normalized spacial score (nSPS) is 16.7. The van der Waals surface area contributed by atoms with Gasteiger partial charge < -0.3 is 20.3 Å². The smallest absolute Gasteiger partial charge is 0.225 e. The van der Waals surface area contributed by atoms with Crippen LogP contribution >= 0.6 is 0 Å². The highest BCUT2D eigenvalue weighted by atomic mass is 16.5. The fraction of sp³-hybridized carbons (Fsp3) is 0.562. The maximum atomic E-state index is 12.3. The minimum atomic E-state index is 0.0211. The molecule has 1 unspecified atom stereocenters. The molecule has 0 aromatic heterocycles. The summed E-state index contributed by atoms with van der Waals surface area (Å²) < 4.78 is 5.41. The topological polar surface area (TPSA) is 58.8 Å². The largest absolute Gasteiger partial charge is 0.495 e. The number of hydrogen-bond acceptors (Lipinski definition) is 4. The summed E-state index contributed by atoms with van der Waals surface area (Å²) >= 11 is 0. The van der Waals surface area contributed by atoms with Crippen molar-refractivity contribution in [2.45, 2.75) is 13.3 Å². The third-order valence-electron chi connectivity index (χ3n) is 4.04. The molecule has 5 nitrogen and oxygen atoms in total. The summed E-state index contributed by atoms with van der Waals surface area (Å²) in [5, 5.41) is 0. The summed E-state index contributed by atoms with van der Waals surface area (Å²) in [6.45, 7) is 5.70. The number of ether oxygens (including phenoxy) is 1.